The number of phenols is 1. The number of amides is 4. The lowest BCUT2D eigenvalue weighted by Crippen LogP contribution is -2.71. The summed E-state index contributed by atoms with van der Waals surface area (Å²) in [6, 6.07) is 10.4. The van der Waals surface area contributed by atoms with Gasteiger partial charge in [0, 0.05) is 44.3 Å². The van der Waals surface area contributed by atoms with Gasteiger partial charge >= 0.3 is 18.1 Å². The molecular weight excluding hydrogens is 670 g/mol. The highest BCUT2D eigenvalue weighted by Crippen LogP contribution is 2.33. The number of phenolic OH excluding ortho intramolecular Hbond substituents is 1. The zero-order valence-corrected chi connectivity index (χ0v) is 29.8. The molecule has 52 heavy (non-hydrogen) atoms. The molecule has 0 aliphatic carbocycles. The molecule has 0 bridgehead atoms. The largest absolute Gasteiger partial charge is 0.548 e. The Morgan fingerprint density at radius 3 is 2.31 bits per heavy atom. The van der Waals surface area contributed by atoms with Crippen molar-refractivity contribution in [3.63, 3.8) is 0 Å². The summed E-state index contributed by atoms with van der Waals surface area (Å²) in [7, 11) is 0. The van der Waals surface area contributed by atoms with Gasteiger partial charge in [-0.1, -0.05) is 30.3 Å². The summed E-state index contributed by atoms with van der Waals surface area (Å²) < 4.78 is 5.84. The van der Waals surface area contributed by atoms with E-state index in [1.807, 2.05) is 34.1 Å². The van der Waals surface area contributed by atoms with E-state index in [9.17, 15) is 34.2 Å². The number of hydrogen-bond donors (Lipinski definition) is 3. The van der Waals surface area contributed by atoms with E-state index >= 15 is 0 Å². The molecule has 5 aliphatic rings. The number of ether oxygens (including phenoxy) is 1. The number of fused-ring (bicyclic) bond motifs is 2. The molecule has 3 unspecified atom stereocenters. The fourth-order valence-electron chi connectivity index (χ4n) is 8.10. The summed E-state index contributed by atoms with van der Waals surface area (Å²) in [4.78, 5) is 69.0. The smallest absolute Gasteiger partial charge is 0.410 e. The summed E-state index contributed by atoms with van der Waals surface area (Å²) >= 11 is 0. The summed E-state index contributed by atoms with van der Waals surface area (Å²) in [6.07, 6.45) is 3.69. The van der Waals surface area contributed by atoms with Crippen molar-refractivity contribution in [1.29, 1.82) is 0 Å². The molecule has 0 saturated carbocycles. The Bertz CT molecular complexity index is 1670. The first-order chi connectivity index (χ1) is 24.9. The Kier molecular flexibility index (Phi) is 11.2. The van der Waals surface area contributed by atoms with Crippen molar-refractivity contribution in [2.24, 2.45) is 0 Å². The van der Waals surface area contributed by atoms with Gasteiger partial charge in [-0.15, -0.1) is 0 Å². The van der Waals surface area contributed by atoms with Gasteiger partial charge in [-0.25, -0.2) is 14.4 Å². The lowest BCUT2D eigenvalue weighted by atomic mass is 9.83. The first kappa shape index (κ1) is 36.9. The molecule has 4 saturated heterocycles. The van der Waals surface area contributed by atoms with Gasteiger partial charge in [0.25, 0.3) is 5.91 Å². The maximum atomic E-state index is 13.7. The normalized spacial score (nSPS) is 23.6. The number of aliphatic carboxylic acids is 2. The molecule has 279 valence electrons. The highest BCUT2D eigenvalue weighted by atomic mass is 16.6. The van der Waals surface area contributed by atoms with Gasteiger partial charge < -0.3 is 44.9 Å². The van der Waals surface area contributed by atoms with Crippen LogP contribution in [0.25, 0.3) is 0 Å². The number of urea groups is 1. The number of likely N-dealkylation sites (tertiary alicyclic amines) is 2. The lowest BCUT2D eigenvalue weighted by Gasteiger charge is -2.42. The maximum absolute atomic E-state index is 13.7. The van der Waals surface area contributed by atoms with E-state index in [1.54, 1.807) is 30.9 Å². The summed E-state index contributed by atoms with van der Waals surface area (Å²) in [6.45, 7) is 6.02. The van der Waals surface area contributed by atoms with Crippen LogP contribution in [0.5, 0.6) is 5.75 Å². The third kappa shape index (κ3) is 7.96. The number of anilines is 1. The second kappa shape index (κ2) is 15.8. The monoisotopic (exact) mass is 718 g/mol. The van der Waals surface area contributed by atoms with Crippen LogP contribution in [0.2, 0.25) is 0 Å². The minimum absolute atomic E-state index is 0.0355. The lowest BCUT2D eigenvalue weighted by molar-refractivity contribution is -0.312. The van der Waals surface area contributed by atoms with Crippen LogP contribution in [-0.4, -0.2) is 118 Å². The molecule has 7 rings (SSSR count). The summed E-state index contributed by atoms with van der Waals surface area (Å²) in [5.41, 5.74) is 3.85. The number of carbonyl (C=O) groups excluding carboxylic acids is 4. The average Bonchev–Trinajstić information content (AvgIpc) is 3.29. The Hall–Kier alpha value is -4.85. The molecule has 4 amide bonds. The van der Waals surface area contributed by atoms with E-state index in [0.29, 0.717) is 68.0 Å². The molecule has 5 heterocycles. The number of hydrogen-bond acceptors (Lipinski definition) is 9. The highest BCUT2D eigenvalue weighted by Gasteiger charge is 2.59. The first-order valence-electron chi connectivity index (χ1n) is 18.3. The van der Waals surface area contributed by atoms with Gasteiger partial charge in [0.15, 0.2) is 6.10 Å². The summed E-state index contributed by atoms with van der Waals surface area (Å²) in [5.74, 6) is -2.38. The summed E-state index contributed by atoms with van der Waals surface area (Å²) in [5, 5.41) is 33.6. The van der Waals surface area contributed by atoms with Gasteiger partial charge in [0.05, 0.1) is 24.9 Å². The van der Waals surface area contributed by atoms with Crippen LogP contribution in [0.15, 0.2) is 36.4 Å². The second-order valence-electron chi connectivity index (χ2n) is 14.5. The number of rotatable bonds is 7. The molecule has 4 fully saturated rings. The number of para-hydroxylation sites is 1. The van der Waals surface area contributed by atoms with Crippen molar-refractivity contribution in [2.75, 3.05) is 38.0 Å². The highest BCUT2D eigenvalue weighted by molar-refractivity contribution is 5.91. The van der Waals surface area contributed by atoms with Crippen molar-refractivity contribution in [3.8, 4) is 5.75 Å². The van der Waals surface area contributed by atoms with E-state index in [2.05, 4.69) is 5.32 Å². The van der Waals surface area contributed by atoms with Crippen molar-refractivity contribution >= 4 is 35.7 Å². The number of nitrogens with zero attached hydrogens (tertiary/aromatic N) is 4. The van der Waals surface area contributed by atoms with Crippen molar-refractivity contribution < 1.29 is 44.0 Å². The van der Waals surface area contributed by atoms with Crippen molar-refractivity contribution in [2.45, 2.75) is 102 Å². The molecule has 3 N–H and O–H groups in total. The van der Waals surface area contributed by atoms with Crippen LogP contribution in [0.1, 0.15) is 67.2 Å². The van der Waals surface area contributed by atoms with Crippen LogP contribution >= 0.6 is 0 Å². The number of carboxylic acid groups (broad SMARTS) is 2. The molecule has 2 aromatic carbocycles. The van der Waals surface area contributed by atoms with Crippen molar-refractivity contribution in [1.82, 2.24) is 19.6 Å². The van der Waals surface area contributed by atoms with Gasteiger partial charge in [0.1, 0.15) is 18.3 Å². The Morgan fingerprint density at radius 1 is 1.00 bits per heavy atom. The number of carboxylic acids is 2. The van der Waals surface area contributed by atoms with E-state index in [-0.39, 0.29) is 43.3 Å². The van der Waals surface area contributed by atoms with Gasteiger partial charge in [0.2, 0.25) is 6.04 Å². The van der Waals surface area contributed by atoms with E-state index in [1.165, 1.54) is 11.3 Å². The van der Waals surface area contributed by atoms with Crippen LogP contribution in [0.4, 0.5) is 15.3 Å². The number of nitrogens with one attached hydrogen (secondary N) is 1. The molecular formula is C38H48N5O9. The van der Waals surface area contributed by atoms with Crippen LogP contribution in [0, 0.1) is 13.8 Å². The van der Waals surface area contributed by atoms with E-state index in [4.69, 9.17) is 9.84 Å². The Morgan fingerprint density at radius 2 is 1.71 bits per heavy atom. The van der Waals surface area contributed by atoms with Crippen LogP contribution in [0.3, 0.4) is 0 Å². The van der Waals surface area contributed by atoms with Crippen LogP contribution in [-0.2, 0) is 32.0 Å². The molecule has 4 atom stereocenters. The third-order valence-corrected chi connectivity index (χ3v) is 11.2. The fraction of sp³-hybridized carbons (Fsp3) is 0.553. The van der Waals surface area contributed by atoms with E-state index < -0.39 is 36.1 Å². The Labute approximate surface area is 303 Å². The molecule has 0 spiro atoms. The maximum Gasteiger partial charge on any atom is 0.410 e. The SMILES string of the molecule is Cc1cc(C[C@@H](OC(=O)N2CCC(N3CCc4ccccc4NC3=O)CC2)C(=O)N2CCCCC2C(=O)[O-])cc(C)c1O.O=C(O)C1CC2CC[N+]21. The molecule has 5 aliphatic heterocycles. The number of aryl methyl sites for hydroxylation is 2. The fourth-order valence-corrected chi connectivity index (χ4v) is 8.10. The third-order valence-electron chi connectivity index (χ3n) is 11.2. The van der Waals surface area contributed by atoms with Crippen LogP contribution < -0.4 is 15.3 Å². The topological polar surface area (TPSA) is 186 Å². The Balaban J connectivity index is 0.000000444. The molecule has 1 radical (unpaired) electrons. The van der Waals surface area contributed by atoms with Gasteiger partial charge in [-0.3, -0.25) is 4.79 Å². The number of benzene rings is 2. The molecule has 14 heteroatoms. The number of aromatic hydroxyl groups is 1. The van der Waals surface area contributed by atoms with E-state index in [0.717, 1.165) is 30.6 Å². The number of carbonyl (C=O) groups is 5. The predicted octanol–water partition coefficient (Wildman–Crippen LogP) is 2.50. The standard InChI is InChI=1S/C32H40N4O7.C6H9NO2/c1-20-17-22(18-21(2)28(20)37)19-27(29(38)36-13-6-5-9-26(36)30(39)40)43-32(42)34-14-11-24(12-15-34)35-16-10-23-7-3-4-8-25(23)33-31(35)41;8-6(9)5-3-4-1-2-7(4)5/h3-4,7-8,17-18,24,26-27,37H,5-6,9-16,19H2,1-2H3,(H,33,41)(H,39,40);4-5H,1-3H2,(H,8,9)/q;+1/p-1/t26?,27-;/m1./s1. The van der Waals surface area contributed by atoms with Gasteiger partial charge in [-0.05, 0) is 80.7 Å². The average molecular weight is 719 g/mol. The quantitative estimate of drug-likeness (QED) is 0.362. The molecule has 14 nitrogen and oxygen atoms in total. The minimum atomic E-state index is -1.32. The number of piperidine rings is 3. The minimum Gasteiger partial charge on any atom is -0.548 e. The van der Waals surface area contributed by atoms with Gasteiger partial charge in [-0.2, -0.15) is 4.90 Å². The molecule has 0 aromatic heterocycles. The van der Waals surface area contributed by atoms with Crippen molar-refractivity contribution in [3.05, 3.63) is 58.7 Å². The first-order valence-corrected chi connectivity index (χ1v) is 18.3. The zero-order chi connectivity index (χ0) is 37.1. The zero-order valence-electron chi connectivity index (χ0n) is 29.8. The predicted molar refractivity (Wildman–Crippen MR) is 188 cm³/mol. The second-order valence-corrected chi connectivity index (χ2v) is 14.5. The molecule has 2 aromatic rings.